The second-order valence-corrected chi connectivity index (χ2v) is 5.59. The molecule has 0 amide bonds. The Bertz CT molecular complexity index is 557. The summed E-state index contributed by atoms with van der Waals surface area (Å²) in [6.07, 6.45) is 6.19. The Hall–Kier alpha value is -1.61. The molecule has 3 heteroatoms. The molecule has 1 aromatic carbocycles. The second kappa shape index (κ2) is 6.71. The van der Waals surface area contributed by atoms with Crippen LogP contribution in [0.25, 0.3) is 0 Å². The van der Waals surface area contributed by atoms with Crippen LogP contribution in [-0.2, 0) is 13.5 Å². The van der Waals surface area contributed by atoms with Crippen molar-refractivity contribution in [2.24, 2.45) is 7.05 Å². The van der Waals surface area contributed by atoms with Crippen molar-refractivity contribution >= 4 is 0 Å². The van der Waals surface area contributed by atoms with E-state index >= 15 is 0 Å². The summed E-state index contributed by atoms with van der Waals surface area (Å²) in [7, 11) is 1.97. The minimum Gasteiger partial charge on any atom is -0.310 e. The maximum absolute atomic E-state index is 4.27. The van der Waals surface area contributed by atoms with Crippen LogP contribution < -0.4 is 5.32 Å². The number of hydrogen-bond donors (Lipinski definition) is 1. The highest BCUT2D eigenvalue weighted by Gasteiger charge is 2.14. The van der Waals surface area contributed by atoms with Crippen LogP contribution in [0.5, 0.6) is 0 Å². The minimum atomic E-state index is 0.361. The molecule has 0 saturated carbocycles. The molecule has 1 N–H and O–H groups in total. The Morgan fingerprint density at radius 3 is 2.70 bits per heavy atom. The molecule has 2 aromatic rings. The first-order chi connectivity index (χ1) is 9.60. The van der Waals surface area contributed by atoms with Gasteiger partial charge in [-0.1, -0.05) is 30.7 Å². The molecule has 3 nitrogen and oxygen atoms in total. The lowest BCUT2D eigenvalue weighted by molar-refractivity contribution is 0.527. The van der Waals surface area contributed by atoms with E-state index in [1.165, 1.54) is 22.3 Å². The second-order valence-electron chi connectivity index (χ2n) is 5.59. The SMILES string of the molecule is CCCNC(Cc1cnn(C)c1)c1ccc(C)cc1C. The van der Waals surface area contributed by atoms with Crippen LogP contribution in [-0.4, -0.2) is 16.3 Å². The topological polar surface area (TPSA) is 29.9 Å². The highest BCUT2D eigenvalue weighted by Crippen LogP contribution is 2.22. The van der Waals surface area contributed by atoms with E-state index in [4.69, 9.17) is 0 Å². The molecule has 0 spiro atoms. The van der Waals surface area contributed by atoms with Crippen LogP contribution >= 0.6 is 0 Å². The van der Waals surface area contributed by atoms with Gasteiger partial charge in [-0.2, -0.15) is 5.10 Å². The Morgan fingerprint density at radius 2 is 2.10 bits per heavy atom. The number of aromatic nitrogens is 2. The summed E-state index contributed by atoms with van der Waals surface area (Å²) >= 11 is 0. The molecular weight excluding hydrogens is 246 g/mol. The Labute approximate surface area is 122 Å². The molecule has 0 bridgehead atoms. The molecular formula is C17H25N3. The third kappa shape index (κ3) is 3.70. The molecule has 20 heavy (non-hydrogen) atoms. The fourth-order valence-corrected chi connectivity index (χ4v) is 2.64. The third-order valence-electron chi connectivity index (χ3n) is 3.64. The molecule has 0 saturated heterocycles. The maximum atomic E-state index is 4.27. The zero-order valence-corrected chi connectivity index (χ0v) is 13.0. The quantitative estimate of drug-likeness (QED) is 0.873. The summed E-state index contributed by atoms with van der Waals surface area (Å²) in [5.41, 5.74) is 5.36. The van der Waals surface area contributed by atoms with Gasteiger partial charge in [0.1, 0.15) is 0 Å². The van der Waals surface area contributed by atoms with E-state index in [9.17, 15) is 0 Å². The summed E-state index contributed by atoms with van der Waals surface area (Å²) in [6.45, 7) is 7.59. The average Bonchev–Trinajstić information content (AvgIpc) is 2.80. The summed E-state index contributed by atoms with van der Waals surface area (Å²) in [6, 6.07) is 7.08. The zero-order chi connectivity index (χ0) is 14.5. The van der Waals surface area contributed by atoms with E-state index in [0.717, 1.165) is 19.4 Å². The third-order valence-corrected chi connectivity index (χ3v) is 3.64. The van der Waals surface area contributed by atoms with Crippen molar-refractivity contribution in [1.29, 1.82) is 0 Å². The number of hydrogen-bond acceptors (Lipinski definition) is 2. The Kier molecular flexibility index (Phi) is 4.96. The van der Waals surface area contributed by atoms with Crippen LogP contribution in [0.1, 0.15) is 41.6 Å². The smallest absolute Gasteiger partial charge is 0.0522 e. The monoisotopic (exact) mass is 271 g/mol. The van der Waals surface area contributed by atoms with Crippen molar-refractivity contribution in [2.75, 3.05) is 6.54 Å². The summed E-state index contributed by atoms with van der Waals surface area (Å²) in [5.74, 6) is 0. The van der Waals surface area contributed by atoms with Gasteiger partial charge in [0.2, 0.25) is 0 Å². The van der Waals surface area contributed by atoms with E-state index in [1.54, 1.807) is 0 Å². The van der Waals surface area contributed by atoms with Crippen molar-refractivity contribution in [3.63, 3.8) is 0 Å². The fraction of sp³-hybridized carbons (Fsp3) is 0.471. The first-order valence-electron chi connectivity index (χ1n) is 7.38. The van der Waals surface area contributed by atoms with Crippen molar-refractivity contribution < 1.29 is 0 Å². The Balaban J connectivity index is 2.22. The summed E-state index contributed by atoms with van der Waals surface area (Å²) in [5, 5.41) is 7.94. The van der Waals surface area contributed by atoms with E-state index in [2.05, 4.69) is 55.6 Å². The number of rotatable bonds is 6. The predicted octanol–water partition coefficient (Wildman–Crippen LogP) is 3.32. The standard InChI is InChI=1S/C17H25N3/c1-5-8-18-17(10-15-11-19-20(4)12-15)16-7-6-13(2)9-14(16)3/h6-7,9,11-12,17-18H,5,8,10H2,1-4H3. The van der Waals surface area contributed by atoms with Crippen molar-refractivity contribution in [2.45, 2.75) is 39.7 Å². The van der Waals surface area contributed by atoms with Gasteiger partial charge in [0.15, 0.2) is 0 Å². The van der Waals surface area contributed by atoms with E-state index < -0.39 is 0 Å². The molecule has 0 fully saturated rings. The highest BCUT2D eigenvalue weighted by molar-refractivity contribution is 5.33. The molecule has 1 unspecified atom stereocenters. The maximum Gasteiger partial charge on any atom is 0.0522 e. The molecule has 0 aliphatic rings. The Morgan fingerprint density at radius 1 is 1.30 bits per heavy atom. The number of benzene rings is 1. The normalized spacial score (nSPS) is 12.6. The largest absolute Gasteiger partial charge is 0.310 e. The molecule has 1 heterocycles. The van der Waals surface area contributed by atoms with Crippen LogP contribution in [0.15, 0.2) is 30.6 Å². The molecule has 0 aliphatic heterocycles. The molecule has 2 rings (SSSR count). The lowest BCUT2D eigenvalue weighted by Gasteiger charge is -2.21. The predicted molar refractivity (Wildman–Crippen MR) is 83.9 cm³/mol. The lowest BCUT2D eigenvalue weighted by Crippen LogP contribution is -2.24. The first kappa shape index (κ1) is 14.8. The number of nitrogens with one attached hydrogen (secondary N) is 1. The molecule has 1 atom stereocenters. The molecule has 108 valence electrons. The van der Waals surface area contributed by atoms with E-state index in [0.29, 0.717) is 6.04 Å². The van der Waals surface area contributed by atoms with Gasteiger partial charge in [-0.05, 0) is 49.9 Å². The van der Waals surface area contributed by atoms with Crippen molar-refractivity contribution in [1.82, 2.24) is 15.1 Å². The van der Waals surface area contributed by atoms with Gasteiger partial charge < -0.3 is 5.32 Å². The van der Waals surface area contributed by atoms with Gasteiger partial charge in [0.25, 0.3) is 0 Å². The fourth-order valence-electron chi connectivity index (χ4n) is 2.64. The van der Waals surface area contributed by atoms with Crippen LogP contribution in [0.3, 0.4) is 0 Å². The highest BCUT2D eigenvalue weighted by atomic mass is 15.2. The van der Waals surface area contributed by atoms with E-state index in [1.807, 2.05) is 17.9 Å². The lowest BCUT2D eigenvalue weighted by atomic mass is 9.95. The van der Waals surface area contributed by atoms with Gasteiger partial charge in [0.05, 0.1) is 6.20 Å². The van der Waals surface area contributed by atoms with Crippen LogP contribution in [0.4, 0.5) is 0 Å². The van der Waals surface area contributed by atoms with Gasteiger partial charge in [0, 0.05) is 19.3 Å². The van der Waals surface area contributed by atoms with Gasteiger partial charge in [-0.3, -0.25) is 4.68 Å². The number of aryl methyl sites for hydroxylation is 3. The molecule has 1 aromatic heterocycles. The van der Waals surface area contributed by atoms with Gasteiger partial charge >= 0.3 is 0 Å². The van der Waals surface area contributed by atoms with Gasteiger partial charge in [-0.25, -0.2) is 0 Å². The zero-order valence-electron chi connectivity index (χ0n) is 13.0. The van der Waals surface area contributed by atoms with E-state index in [-0.39, 0.29) is 0 Å². The van der Waals surface area contributed by atoms with Crippen molar-refractivity contribution in [3.8, 4) is 0 Å². The van der Waals surface area contributed by atoms with Crippen LogP contribution in [0, 0.1) is 13.8 Å². The summed E-state index contributed by atoms with van der Waals surface area (Å²) in [4.78, 5) is 0. The van der Waals surface area contributed by atoms with Gasteiger partial charge in [-0.15, -0.1) is 0 Å². The molecule has 0 radical (unpaired) electrons. The number of nitrogens with zero attached hydrogens (tertiary/aromatic N) is 2. The molecule has 0 aliphatic carbocycles. The average molecular weight is 271 g/mol. The van der Waals surface area contributed by atoms with Crippen LogP contribution in [0.2, 0.25) is 0 Å². The van der Waals surface area contributed by atoms with Crippen molar-refractivity contribution in [3.05, 3.63) is 52.8 Å². The minimum absolute atomic E-state index is 0.361. The first-order valence-corrected chi connectivity index (χ1v) is 7.38. The summed E-state index contributed by atoms with van der Waals surface area (Å²) < 4.78 is 1.87.